The Bertz CT molecular complexity index is 615. The number of hydrogen-bond acceptors (Lipinski definition) is 3. The van der Waals surface area contributed by atoms with Gasteiger partial charge in [0, 0.05) is 29.8 Å². The van der Waals surface area contributed by atoms with Crippen molar-refractivity contribution < 1.29 is 19.7 Å². The summed E-state index contributed by atoms with van der Waals surface area (Å²) in [6.45, 7) is 1.79. The molecule has 0 amide bonds. The molecule has 0 bridgehead atoms. The van der Waals surface area contributed by atoms with Crippen molar-refractivity contribution in [2.45, 2.75) is 13.0 Å². The number of carboxylic acid groups (broad SMARTS) is 1. The third-order valence-corrected chi connectivity index (χ3v) is 3.26. The molecule has 1 unspecified atom stereocenters. The van der Waals surface area contributed by atoms with Crippen molar-refractivity contribution in [3.05, 3.63) is 29.5 Å². The minimum absolute atomic E-state index is 0.433. The van der Waals surface area contributed by atoms with E-state index in [1.54, 1.807) is 26.2 Å². The number of methoxy groups -OCH3 is 1. The van der Waals surface area contributed by atoms with Crippen molar-refractivity contribution in [3.63, 3.8) is 0 Å². The predicted molar refractivity (Wildman–Crippen MR) is 66.8 cm³/mol. The van der Waals surface area contributed by atoms with Crippen LogP contribution in [-0.2, 0) is 11.8 Å². The van der Waals surface area contributed by atoms with Crippen molar-refractivity contribution in [3.8, 4) is 5.75 Å². The van der Waals surface area contributed by atoms with E-state index in [-0.39, 0.29) is 0 Å². The SMILES string of the molecule is COc1ccc2c(C(O)C(=O)O)c(C)n(C)c2c1. The minimum atomic E-state index is -1.51. The number of aryl methyl sites for hydroxylation is 1. The van der Waals surface area contributed by atoms with Gasteiger partial charge in [0.15, 0.2) is 6.10 Å². The number of benzene rings is 1. The van der Waals surface area contributed by atoms with E-state index in [9.17, 15) is 9.90 Å². The molecule has 0 saturated carbocycles. The lowest BCUT2D eigenvalue weighted by atomic mass is 10.1. The summed E-state index contributed by atoms with van der Waals surface area (Å²) in [7, 11) is 3.40. The summed E-state index contributed by atoms with van der Waals surface area (Å²) in [5.74, 6) is -0.555. The van der Waals surface area contributed by atoms with Crippen LogP contribution in [0.25, 0.3) is 10.9 Å². The molecule has 0 aliphatic carbocycles. The molecule has 1 heterocycles. The Morgan fingerprint density at radius 3 is 2.67 bits per heavy atom. The van der Waals surface area contributed by atoms with E-state index in [2.05, 4.69) is 0 Å². The molecule has 0 saturated heterocycles. The van der Waals surface area contributed by atoms with E-state index in [0.717, 1.165) is 16.6 Å². The average molecular weight is 249 g/mol. The van der Waals surface area contributed by atoms with Crippen LogP contribution in [0, 0.1) is 6.92 Å². The second-order valence-corrected chi connectivity index (χ2v) is 4.18. The van der Waals surface area contributed by atoms with E-state index in [4.69, 9.17) is 9.84 Å². The van der Waals surface area contributed by atoms with Gasteiger partial charge >= 0.3 is 5.97 Å². The van der Waals surface area contributed by atoms with Gasteiger partial charge in [0.1, 0.15) is 5.75 Å². The van der Waals surface area contributed by atoms with E-state index >= 15 is 0 Å². The van der Waals surface area contributed by atoms with Crippen molar-refractivity contribution in [2.24, 2.45) is 7.05 Å². The standard InChI is InChI=1S/C13H15NO4/c1-7-11(12(15)13(16)17)9-5-4-8(18-3)6-10(9)14(7)2/h4-6,12,15H,1-3H3,(H,16,17). The van der Waals surface area contributed by atoms with Crippen LogP contribution < -0.4 is 4.74 Å². The quantitative estimate of drug-likeness (QED) is 0.867. The number of aliphatic hydroxyl groups excluding tert-OH is 1. The van der Waals surface area contributed by atoms with E-state index in [1.807, 2.05) is 17.7 Å². The maximum Gasteiger partial charge on any atom is 0.337 e. The summed E-state index contributed by atoms with van der Waals surface area (Å²) < 4.78 is 6.99. The number of ether oxygens (including phenoxy) is 1. The molecule has 18 heavy (non-hydrogen) atoms. The van der Waals surface area contributed by atoms with Gasteiger partial charge in [-0.3, -0.25) is 0 Å². The third-order valence-electron chi connectivity index (χ3n) is 3.26. The van der Waals surface area contributed by atoms with Crippen molar-refractivity contribution in [1.29, 1.82) is 0 Å². The summed E-state index contributed by atoms with van der Waals surface area (Å²) in [4.78, 5) is 10.9. The van der Waals surface area contributed by atoms with Gasteiger partial charge in [0.05, 0.1) is 12.6 Å². The number of aliphatic hydroxyl groups is 1. The molecule has 5 nitrogen and oxygen atoms in total. The molecule has 0 radical (unpaired) electrons. The highest BCUT2D eigenvalue weighted by Gasteiger charge is 2.24. The molecule has 0 aliphatic heterocycles. The van der Waals surface area contributed by atoms with Crippen molar-refractivity contribution in [1.82, 2.24) is 4.57 Å². The van der Waals surface area contributed by atoms with Crippen LogP contribution in [0.2, 0.25) is 0 Å². The molecule has 5 heteroatoms. The van der Waals surface area contributed by atoms with Gasteiger partial charge in [-0.05, 0) is 19.1 Å². The van der Waals surface area contributed by atoms with Crippen LogP contribution in [0.15, 0.2) is 18.2 Å². The average Bonchev–Trinajstić information content (AvgIpc) is 2.61. The Kier molecular flexibility index (Phi) is 3.00. The van der Waals surface area contributed by atoms with Crippen LogP contribution in [0.3, 0.4) is 0 Å². The summed E-state index contributed by atoms with van der Waals surface area (Å²) in [5.41, 5.74) is 2.00. The van der Waals surface area contributed by atoms with Crippen LogP contribution in [0.4, 0.5) is 0 Å². The number of fused-ring (bicyclic) bond motifs is 1. The number of rotatable bonds is 3. The molecule has 2 N–H and O–H groups in total. The molecule has 1 aromatic heterocycles. The zero-order chi connectivity index (χ0) is 13.4. The molecular formula is C13H15NO4. The van der Waals surface area contributed by atoms with Crippen LogP contribution >= 0.6 is 0 Å². The first-order valence-electron chi connectivity index (χ1n) is 5.51. The zero-order valence-corrected chi connectivity index (χ0v) is 10.5. The van der Waals surface area contributed by atoms with Crippen molar-refractivity contribution >= 4 is 16.9 Å². The first-order valence-corrected chi connectivity index (χ1v) is 5.51. The lowest BCUT2D eigenvalue weighted by molar-refractivity contribution is -0.146. The summed E-state index contributed by atoms with van der Waals surface area (Å²) >= 11 is 0. The van der Waals surface area contributed by atoms with Gasteiger partial charge in [0.25, 0.3) is 0 Å². The first-order chi connectivity index (χ1) is 8.47. The van der Waals surface area contributed by atoms with Gasteiger partial charge in [-0.25, -0.2) is 4.79 Å². The normalized spacial score (nSPS) is 12.7. The Morgan fingerprint density at radius 2 is 2.11 bits per heavy atom. The van der Waals surface area contributed by atoms with Crippen molar-refractivity contribution in [2.75, 3.05) is 7.11 Å². The highest BCUT2D eigenvalue weighted by Crippen LogP contribution is 2.32. The summed E-state index contributed by atoms with van der Waals surface area (Å²) in [6, 6.07) is 5.34. The molecule has 0 aliphatic rings. The molecule has 2 aromatic rings. The Morgan fingerprint density at radius 1 is 1.44 bits per heavy atom. The number of hydrogen-bond donors (Lipinski definition) is 2. The van der Waals surface area contributed by atoms with Gasteiger partial charge in [-0.1, -0.05) is 0 Å². The fraction of sp³-hybridized carbons (Fsp3) is 0.308. The fourth-order valence-corrected chi connectivity index (χ4v) is 2.17. The van der Waals surface area contributed by atoms with Gasteiger partial charge in [-0.15, -0.1) is 0 Å². The number of carboxylic acids is 1. The number of aliphatic carboxylic acids is 1. The summed E-state index contributed by atoms with van der Waals surface area (Å²) in [5, 5.41) is 19.4. The maximum atomic E-state index is 10.9. The monoisotopic (exact) mass is 249 g/mol. The van der Waals surface area contributed by atoms with E-state index in [1.165, 1.54) is 0 Å². The van der Waals surface area contributed by atoms with Crippen LogP contribution in [-0.4, -0.2) is 27.9 Å². The molecule has 1 atom stereocenters. The highest BCUT2D eigenvalue weighted by molar-refractivity contribution is 5.91. The highest BCUT2D eigenvalue weighted by atomic mass is 16.5. The molecule has 1 aromatic carbocycles. The first kappa shape index (κ1) is 12.4. The fourth-order valence-electron chi connectivity index (χ4n) is 2.17. The number of nitrogens with zero attached hydrogens (tertiary/aromatic N) is 1. The van der Waals surface area contributed by atoms with Gasteiger partial charge < -0.3 is 19.5 Å². The predicted octanol–water partition coefficient (Wildman–Crippen LogP) is 1.61. The zero-order valence-electron chi connectivity index (χ0n) is 10.5. The molecule has 2 rings (SSSR count). The lowest BCUT2D eigenvalue weighted by Crippen LogP contribution is -2.11. The van der Waals surface area contributed by atoms with Crippen LogP contribution in [0.1, 0.15) is 17.4 Å². The van der Waals surface area contributed by atoms with E-state index < -0.39 is 12.1 Å². The smallest absolute Gasteiger partial charge is 0.337 e. The topological polar surface area (TPSA) is 71.7 Å². The third kappa shape index (κ3) is 1.73. The Balaban J connectivity index is 2.75. The van der Waals surface area contributed by atoms with Gasteiger partial charge in [0.2, 0.25) is 0 Å². The molecule has 0 spiro atoms. The second-order valence-electron chi connectivity index (χ2n) is 4.18. The Labute approximate surface area is 104 Å². The van der Waals surface area contributed by atoms with Gasteiger partial charge in [-0.2, -0.15) is 0 Å². The minimum Gasteiger partial charge on any atom is -0.497 e. The van der Waals surface area contributed by atoms with E-state index in [0.29, 0.717) is 11.3 Å². The maximum absolute atomic E-state index is 10.9. The molecular weight excluding hydrogens is 234 g/mol. The molecule has 0 fully saturated rings. The van der Waals surface area contributed by atoms with Crippen LogP contribution in [0.5, 0.6) is 5.75 Å². The molecule has 96 valence electrons. The Hall–Kier alpha value is -2.01. The summed E-state index contributed by atoms with van der Waals surface area (Å²) in [6.07, 6.45) is -1.51. The lowest BCUT2D eigenvalue weighted by Gasteiger charge is -2.06. The second kappa shape index (κ2) is 4.34. The number of aromatic nitrogens is 1. The number of carbonyl (C=O) groups is 1. The largest absolute Gasteiger partial charge is 0.497 e.